The monoisotopic (exact) mass is 831 g/mol. The van der Waals surface area contributed by atoms with Gasteiger partial charge < -0.3 is 9.47 Å². The predicted molar refractivity (Wildman–Crippen MR) is 265 cm³/mol. The molecule has 0 bridgehead atoms. The topological polar surface area (TPSA) is 46.8 Å². The van der Waals surface area contributed by atoms with Crippen LogP contribution < -0.4 is 4.90 Å². The van der Waals surface area contributed by atoms with Crippen molar-refractivity contribution in [1.29, 1.82) is 0 Å². The molecule has 1 aliphatic rings. The van der Waals surface area contributed by atoms with E-state index in [1.54, 1.807) is 0 Å². The number of anilines is 3. The average molecular weight is 832 g/mol. The third-order valence-corrected chi connectivity index (χ3v) is 12.8. The zero-order valence-corrected chi connectivity index (χ0v) is 35.4. The molecule has 306 valence electrons. The maximum atomic E-state index is 4.93. The molecule has 5 nitrogen and oxygen atoms in total. The Hall–Kier alpha value is -8.67. The second kappa shape index (κ2) is 15.9. The van der Waals surface area contributed by atoms with Gasteiger partial charge in [0, 0.05) is 39.6 Å². The molecule has 0 aliphatic carbocycles. The van der Waals surface area contributed by atoms with Gasteiger partial charge in [0.15, 0.2) is 17.5 Å². The summed E-state index contributed by atoms with van der Waals surface area (Å²) >= 11 is 0. The first kappa shape index (κ1) is 38.0. The fraction of sp³-hybridized carbons (Fsp3) is 0.0167. The summed E-state index contributed by atoms with van der Waals surface area (Å²) in [5, 5.41) is 1.17. The number of hydrogen-bond donors (Lipinski definition) is 0. The lowest BCUT2D eigenvalue weighted by atomic mass is 9.62. The van der Waals surface area contributed by atoms with Crippen molar-refractivity contribution in [2.24, 2.45) is 0 Å². The van der Waals surface area contributed by atoms with E-state index in [-0.39, 0.29) is 0 Å². The summed E-state index contributed by atoms with van der Waals surface area (Å²) in [5.74, 6) is 1.94. The Balaban J connectivity index is 0.862. The molecule has 11 aromatic rings. The van der Waals surface area contributed by atoms with Gasteiger partial charge in [-0.15, -0.1) is 0 Å². The quantitative estimate of drug-likeness (QED) is 0.153. The van der Waals surface area contributed by atoms with E-state index in [9.17, 15) is 0 Å². The third-order valence-electron chi connectivity index (χ3n) is 12.8. The van der Waals surface area contributed by atoms with Crippen molar-refractivity contribution < 1.29 is 0 Å². The van der Waals surface area contributed by atoms with Gasteiger partial charge in [0.05, 0.1) is 22.3 Å². The summed E-state index contributed by atoms with van der Waals surface area (Å²) in [7, 11) is 0. The first-order valence-corrected chi connectivity index (χ1v) is 22.0. The molecule has 0 saturated carbocycles. The second-order valence-corrected chi connectivity index (χ2v) is 16.4. The Kier molecular flexibility index (Phi) is 9.31. The number of para-hydroxylation sites is 2. The van der Waals surface area contributed by atoms with E-state index >= 15 is 0 Å². The van der Waals surface area contributed by atoms with Crippen molar-refractivity contribution in [3.63, 3.8) is 0 Å². The molecule has 65 heavy (non-hydrogen) atoms. The molecule has 0 N–H and O–H groups in total. The zero-order chi connectivity index (χ0) is 43.2. The summed E-state index contributed by atoms with van der Waals surface area (Å²) in [6.07, 6.45) is 2.15. The molecular formula is C60H41N5. The molecule has 2 aromatic heterocycles. The molecule has 5 heteroatoms. The zero-order valence-electron chi connectivity index (χ0n) is 35.4. The van der Waals surface area contributed by atoms with Crippen LogP contribution in [0, 0.1) is 0 Å². The molecule has 9 aromatic carbocycles. The van der Waals surface area contributed by atoms with Crippen LogP contribution in [0.1, 0.15) is 22.3 Å². The fourth-order valence-corrected chi connectivity index (χ4v) is 9.75. The molecule has 0 unspecified atom stereocenters. The van der Waals surface area contributed by atoms with Gasteiger partial charge >= 0.3 is 0 Å². The van der Waals surface area contributed by atoms with E-state index in [1.165, 1.54) is 44.6 Å². The normalized spacial score (nSPS) is 12.7. The number of fused-ring (bicyclic) bond motifs is 3. The lowest BCUT2D eigenvalue weighted by molar-refractivity contribution is 0.731. The van der Waals surface area contributed by atoms with Gasteiger partial charge in [0.25, 0.3) is 0 Å². The molecular weight excluding hydrogens is 791 g/mol. The van der Waals surface area contributed by atoms with Crippen LogP contribution in [-0.4, -0.2) is 19.5 Å². The second-order valence-electron chi connectivity index (χ2n) is 16.4. The van der Waals surface area contributed by atoms with Crippen molar-refractivity contribution in [3.8, 4) is 51.0 Å². The average Bonchev–Trinajstić information content (AvgIpc) is 3.82. The Bertz CT molecular complexity index is 3310. The SMILES string of the molecule is c1ccc(-c2nc(-c3ccccc3)nc(-c3ccc(-n4ccc5cc(-c6ccc(N7c8ccccc8C(c8ccccc8)(c8ccccc8)c8ccccc87)cc6)ccc54)cc3)n2)cc1. The van der Waals surface area contributed by atoms with Gasteiger partial charge in [0.2, 0.25) is 0 Å². The summed E-state index contributed by atoms with van der Waals surface area (Å²) in [6, 6.07) is 86.3. The number of hydrogen-bond acceptors (Lipinski definition) is 4. The standard InChI is InChI=1S/C60H41N5/c1-5-17-43(18-6-1)57-61-58(44-19-7-2-8-20-44)63-59(62-57)45-31-34-50(35-32-45)64-40-39-47-41-46(33-38-54(47)64)42-29-36-51(37-30-42)65-55-27-15-13-25-52(55)60(48-21-9-3-10-22-48,49-23-11-4-12-24-49)53-26-14-16-28-56(53)65/h1-41H. The molecule has 0 radical (unpaired) electrons. The first-order valence-electron chi connectivity index (χ1n) is 22.0. The lowest BCUT2D eigenvalue weighted by Gasteiger charge is -2.46. The molecule has 0 saturated heterocycles. The number of aromatic nitrogens is 4. The molecule has 0 atom stereocenters. The Morgan fingerprint density at radius 3 is 1.26 bits per heavy atom. The van der Waals surface area contributed by atoms with Crippen LogP contribution in [0.5, 0.6) is 0 Å². The van der Waals surface area contributed by atoms with Crippen LogP contribution in [0.3, 0.4) is 0 Å². The molecule has 12 rings (SSSR count). The maximum absolute atomic E-state index is 4.93. The molecule has 0 spiro atoms. The van der Waals surface area contributed by atoms with E-state index in [1.807, 2.05) is 60.7 Å². The summed E-state index contributed by atoms with van der Waals surface area (Å²) < 4.78 is 2.24. The van der Waals surface area contributed by atoms with Crippen molar-refractivity contribution in [2.45, 2.75) is 5.41 Å². The van der Waals surface area contributed by atoms with E-state index in [2.05, 4.69) is 198 Å². The van der Waals surface area contributed by atoms with Crippen LogP contribution in [-0.2, 0) is 5.41 Å². The van der Waals surface area contributed by atoms with E-state index in [0.717, 1.165) is 39.1 Å². The van der Waals surface area contributed by atoms with Crippen LogP contribution in [0.25, 0.3) is 61.9 Å². The minimum absolute atomic E-state index is 0.493. The third kappa shape index (κ3) is 6.52. The van der Waals surface area contributed by atoms with Gasteiger partial charge in [-0.1, -0.05) is 176 Å². The molecule has 0 fully saturated rings. The highest BCUT2D eigenvalue weighted by Gasteiger charge is 2.46. The summed E-state index contributed by atoms with van der Waals surface area (Å²) in [4.78, 5) is 17.1. The Labute approximate surface area is 378 Å². The van der Waals surface area contributed by atoms with Crippen molar-refractivity contribution >= 4 is 28.0 Å². The van der Waals surface area contributed by atoms with Gasteiger partial charge in [-0.2, -0.15) is 0 Å². The van der Waals surface area contributed by atoms with Crippen LogP contribution in [0.15, 0.2) is 249 Å². The number of rotatable bonds is 8. The van der Waals surface area contributed by atoms with E-state index in [4.69, 9.17) is 15.0 Å². The minimum Gasteiger partial charge on any atom is -0.317 e. The van der Waals surface area contributed by atoms with E-state index < -0.39 is 5.41 Å². The summed E-state index contributed by atoms with van der Waals surface area (Å²) in [5.41, 5.74) is 15.3. The highest BCUT2D eigenvalue weighted by Crippen LogP contribution is 2.57. The summed E-state index contributed by atoms with van der Waals surface area (Å²) in [6.45, 7) is 0. The largest absolute Gasteiger partial charge is 0.317 e. The fourth-order valence-electron chi connectivity index (χ4n) is 9.75. The van der Waals surface area contributed by atoms with Gasteiger partial charge in [-0.3, -0.25) is 0 Å². The van der Waals surface area contributed by atoms with Gasteiger partial charge in [0.1, 0.15) is 0 Å². The van der Waals surface area contributed by atoms with Crippen molar-refractivity contribution in [2.75, 3.05) is 4.90 Å². The Morgan fingerprint density at radius 2 is 0.738 bits per heavy atom. The van der Waals surface area contributed by atoms with Crippen LogP contribution in [0.4, 0.5) is 17.1 Å². The molecule has 1 aliphatic heterocycles. The predicted octanol–water partition coefficient (Wildman–Crippen LogP) is 14.6. The molecule has 0 amide bonds. The first-order chi connectivity index (χ1) is 32.2. The number of nitrogens with zero attached hydrogens (tertiary/aromatic N) is 5. The minimum atomic E-state index is -0.493. The van der Waals surface area contributed by atoms with Crippen molar-refractivity contribution in [3.05, 3.63) is 271 Å². The van der Waals surface area contributed by atoms with Gasteiger partial charge in [-0.05, 0) is 100 Å². The molecule has 3 heterocycles. The van der Waals surface area contributed by atoms with Crippen molar-refractivity contribution in [1.82, 2.24) is 19.5 Å². The number of benzene rings is 9. The van der Waals surface area contributed by atoms with E-state index in [0.29, 0.717) is 17.5 Å². The van der Waals surface area contributed by atoms with Gasteiger partial charge in [-0.25, -0.2) is 15.0 Å². The van der Waals surface area contributed by atoms with Crippen LogP contribution in [0.2, 0.25) is 0 Å². The smallest absolute Gasteiger partial charge is 0.164 e. The lowest BCUT2D eigenvalue weighted by Crippen LogP contribution is -2.37. The highest BCUT2D eigenvalue weighted by molar-refractivity contribution is 5.91. The highest BCUT2D eigenvalue weighted by atomic mass is 15.2. The van der Waals surface area contributed by atoms with Crippen LogP contribution >= 0.6 is 0 Å². The Morgan fingerprint density at radius 1 is 0.323 bits per heavy atom. The maximum Gasteiger partial charge on any atom is 0.164 e.